The van der Waals surface area contributed by atoms with Crippen molar-refractivity contribution < 1.29 is 14.0 Å². The fourth-order valence-electron chi connectivity index (χ4n) is 3.35. The number of nitrogens with zero attached hydrogens (tertiary/aromatic N) is 1. The zero-order chi connectivity index (χ0) is 22.5. The molecule has 4 nitrogen and oxygen atoms in total. The molecule has 1 N–H and O–H groups in total. The molecule has 2 aromatic carbocycles. The molecule has 0 radical (unpaired) electrons. The molecular formula is C25H33FN2O2. The molecule has 0 heterocycles. The van der Waals surface area contributed by atoms with E-state index < -0.39 is 11.6 Å². The first-order valence-electron chi connectivity index (χ1n) is 10.4. The Morgan fingerprint density at radius 1 is 1.00 bits per heavy atom. The summed E-state index contributed by atoms with van der Waals surface area (Å²) in [4.78, 5) is 27.9. The number of nitrogens with one attached hydrogen (secondary N) is 1. The fourth-order valence-corrected chi connectivity index (χ4v) is 3.35. The van der Waals surface area contributed by atoms with Crippen molar-refractivity contribution in [2.24, 2.45) is 0 Å². The van der Waals surface area contributed by atoms with Crippen LogP contribution in [0.15, 0.2) is 42.5 Å². The molecule has 0 unspecified atom stereocenters. The van der Waals surface area contributed by atoms with Crippen LogP contribution in [0.5, 0.6) is 0 Å². The summed E-state index contributed by atoms with van der Waals surface area (Å²) in [6.45, 7) is 11.9. The number of hydrogen-bond acceptors (Lipinski definition) is 2. The van der Waals surface area contributed by atoms with Crippen molar-refractivity contribution >= 4 is 11.8 Å². The van der Waals surface area contributed by atoms with Gasteiger partial charge in [-0.3, -0.25) is 9.59 Å². The average Bonchev–Trinajstić information content (AvgIpc) is 2.64. The molecule has 2 aromatic rings. The molecule has 0 bridgehead atoms. The van der Waals surface area contributed by atoms with Gasteiger partial charge in [0.25, 0.3) is 0 Å². The number of aryl methyl sites for hydroxylation is 2. The maximum atomic E-state index is 13.3. The summed E-state index contributed by atoms with van der Waals surface area (Å²) < 4.78 is 13.3. The molecule has 0 saturated carbocycles. The van der Waals surface area contributed by atoms with E-state index in [1.54, 1.807) is 17.0 Å². The predicted octanol–water partition coefficient (Wildman–Crippen LogP) is 4.71. The van der Waals surface area contributed by atoms with Crippen LogP contribution < -0.4 is 5.32 Å². The standard InChI is InChI=1S/C25H33FN2O2/c1-7-22(24(30)27-25(4,5)6)28(16-19-10-12-21(26)13-11-19)23(29)15-20-9-8-17(2)18(3)14-20/h8-14,22H,7,15-16H2,1-6H3,(H,27,30)/t22-/m0/s1. The van der Waals surface area contributed by atoms with Crippen LogP contribution >= 0.6 is 0 Å². The zero-order valence-corrected chi connectivity index (χ0v) is 18.9. The van der Waals surface area contributed by atoms with Crippen LogP contribution in [-0.4, -0.2) is 28.3 Å². The summed E-state index contributed by atoms with van der Waals surface area (Å²) >= 11 is 0. The molecular weight excluding hydrogens is 379 g/mol. The molecule has 162 valence electrons. The largest absolute Gasteiger partial charge is 0.350 e. The van der Waals surface area contributed by atoms with E-state index in [2.05, 4.69) is 5.32 Å². The minimum Gasteiger partial charge on any atom is -0.350 e. The van der Waals surface area contributed by atoms with Crippen molar-refractivity contribution in [2.75, 3.05) is 0 Å². The van der Waals surface area contributed by atoms with Crippen molar-refractivity contribution in [3.05, 3.63) is 70.5 Å². The Kier molecular flexibility index (Phi) is 7.77. The van der Waals surface area contributed by atoms with Crippen LogP contribution in [0.1, 0.15) is 56.4 Å². The van der Waals surface area contributed by atoms with Gasteiger partial charge in [0.1, 0.15) is 11.9 Å². The maximum absolute atomic E-state index is 13.3. The Morgan fingerprint density at radius 3 is 2.13 bits per heavy atom. The summed E-state index contributed by atoms with van der Waals surface area (Å²) in [5.41, 5.74) is 3.60. The first-order valence-corrected chi connectivity index (χ1v) is 10.4. The van der Waals surface area contributed by atoms with Crippen LogP contribution in [0.25, 0.3) is 0 Å². The van der Waals surface area contributed by atoms with Crippen LogP contribution in [0.2, 0.25) is 0 Å². The maximum Gasteiger partial charge on any atom is 0.243 e. The molecule has 0 fully saturated rings. The van der Waals surface area contributed by atoms with E-state index in [9.17, 15) is 14.0 Å². The van der Waals surface area contributed by atoms with Gasteiger partial charge in [0.2, 0.25) is 11.8 Å². The van der Waals surface area contributed by atoms with Crippen LogP contribution in [0.4, 0.5) is 4.39 Å². The minimum absolute atomic E-state index is 0.126. The highest BCUT2D eigenvalue weighted by Gasteiger charge is 2.30. The second kappa shape index (κ2) is 9.88. The summed E-state index contributed by atoms with van der Waals surface area (Å²) in [5, 5.41) is 2.99. The number of carbonyl (C=O) groups is 2. The Hall–Kier alpha value is -2.69. The molecule has 0 aliphatic heterocycles. The Bertz CT molecular complexity index is 885. The van der Waals surface area contributed by atoms with Crippen molar-refractivity contribution in [1.29, 1.82) is 0 Å². The lowest BCUT2D eigenvalue weighted by Crippen LogP contribution is -2.53. The molecule has 0 aliphatic rings. The molecule has 30 heavy (non-hydrogen) atoms. The summed E-state index contributed by atoms with van der Waals surface area (Å²) in [6.07, 6.45) is 0.698. The molecule has 0 aliphatic carbocycles. The van der Waals surface area contributed by atoms with Gasteiger partial charge in [0.15, 0.2) is 0 Å². The SMILES string of the molecule is CC[C@@H](C(=O)NC(C)(C)C)N(Cc1ccc(F)cc1)C(=O)Cc1ccc(C)c(C)c1. The van der Waals surface area contributed by atoms with Gasteiger partial charge in [-0.1, -0.05) is 37.3 Å². The quantitative estimate of drug-likeness (QED) is 0.716. The molecule has 1 atom stereocenters. The van der Waals surface area contributed by atoms with Gasteiger partial charge in [0.05, 0.1) is 6.42 Å². The lowest BCUT2D eigenvalue weighted by molar-refractivity contribution is -0.141. The third-order valence-electron chi connectivity index (χ3n) is 5.08. The first kappa shape index (κ1) is 23.6. The molecule has 0 saturated heterocycles. The van der Waals surface area contributed by atoms with Gasteiger partial charge in [-0.15, -0.1) is 0 Å². The van der Waals surface area contributed by atoms with Crippen LogP contribution in [-0.2, 0) is 22.6 Å². The number of amides is 2. The topological polar surface area (TPSA) is 49.4 Å². The zero-order valence-electron chi connectivity index (χ0n) is 18.9. The Morgan fingerprint density at radius 2 is 1.60 bits per heavy atom. The average molecular weight is 413 g/mol. The Balaban J connectivity index is 2.32. The Labute approximate surface area is 179 Å². The van der Waals surface area contributed by atoms with Gasteiger partial charge >= 0.3 is 0 Å². The number of rotatable bonds is 7. The van der Waals surface area contributed by atoms with E-state index >= 15 is 0 Å². The van der Waals surface area contributed by atoms with Crippen molar-refractivity contribution in [3.8, 4) is 0 Å². The van der Waals surface area contributed by atoms with E-state index in [0.29, 0.717) is 6.42 Å². The molecule has 5 heteroatoms. The second-order valence-corrected chi connectivity index (χ2v) is 8.91. The van der Waals surface area contributed by atoms with Gasteiger partial charge in [-0.25, -0.2) is 4.39 Å². The monoisotopic (exact) mass is 412 g/mol. The van der Waals surface area contributed by atoms with Crippen LogP contribution in [0, 0.1) is 19.7 Å². The van der Waals surface area contributed by atoms with Crippen LogP contribution in [0.3, 0.4) is 0 Å². The highest BCUT2D eigenvalue weighted by molar-refractivity contribution is 5.88. The fraction of sp³-hybridized carbons (Fsp3) is 0.440. The summed E-state index contributed by atoms with van der Waals surface area (Å²) in [6, 6.07) is 11.4. The van der Waals surface area contributed by atoms with Gasteiger partial charge in [-0.2, -0.15) is 0 Å². The van der Waals surface area contributed by atoms with Crippen molar-refractivity contribution in [1.82, 2.24) is 10.2 Å². The predicted molar refractivity (Wildman–Crippen MR) is 119 cm³/mol. The minimum atomic E-state index is -0.603. The summed E-state index contributed by atoms with van der Waals surface area (Å²) in [5.74, 6) is -0.636. The van der Waals surface area contributed by atoms with Crippen molar-refractivity contribution in [3.63, 3.8) is 0 Å². The third kappa shape index (κ3) is 6.68. The highest BCUT2D eigenvalue weighted by atomic mass is 19.1. The number of halogens is 1. The smallest absolute Gasteiger partial charge is 0.243 e. The lowest BCUT2D eigenvalue weighted by Gasteiger charge is -2.33. The normalized spacial score (nSPS) is 12.4. The number of hydrogen-bond donors (Lipinski definition) is 1. The van der Waals surface area contributed by atoms with Gasteiger partial charge in [-0.05, 0) is 75.4 Å². The van der Waals surface area contributed by atoms with E-state index in [-0.39, 0.29) is 30.6 Å². The number of carbonyl (C=O) groups excluding carboxylic acids is 2. The molecule has 0 aromatic heterocycles. The molecule has 2 amide bonds. The third-order valence-corrected chi connectivity index (χ3v) is 5.08. The van der Waals surface area contributed by atoms with E-state index in [1.165, 1.54) is 17.7 Å². The van der Waals surface area contributed by atoms with E-state index in [0.717, 1.165) is 16.7 Å². The van der Waals surface area contributed by atoms with Gasteiger partial charge < -0.3 is 10.2 Å². The number of benzene rings is 2. The second-order valence-electron chi connectivity index (χ2n) is 8.91. The van der Waals surface area contributed by atoms with E-state index in [4.69, 9.17) is 0 Å². The molecule has 2 rings (SSSR count). The highest BCUT2D eigenvalue weighted by Crippen LogP contribution is 2.17. The van der Waals surface area contributed by atoms with Crippen molar-refractivity contribution in [2.45, 2.75) is 72.5 Å². The lowest BCUT2D eigenvalue weighted by atomic mass is 10.0. The molecule has 0 spiro atoms. The summed E-state index contributed by atoms with van der Waals surface area (Å²) in [7, 11) is 0. The first-order chi connectivity index (χ1) is 14.0. The van der Waals surface area contributed by atoms with E-state index in [1.807, 2.05) is 59.7 Å². The van der Waals surface area contributed by atoms with Gasteiger partial charge in [0, 0.05) is 12.1 Å².